The summed E-state index contributed by atoms with van der Waals surface area (Å²) >= 11 is 0. The molecule has 94 valence electrons. The fourth-order valence-electron chi connectivity index (χ4n) is 2.13. The first-order chi connectivity index (χ1) is 8.11. The third-order valence-corrected chi connectivity index (χ3v) is 3.25. The first-order valence-electron chi connectivity index (χ1n) is 5.76. The first-order valence-corrected chi connectivity index (χ1v) is 5.76. The van der Waals surface area contributed by atoms with Crippen LogP contribution >= 0.6 is 0 Å². The molecule has 6 heteroatoms. The van der Waals surface area contributed by atoms with Crippen molar-refractivity contribution in [3.8, 4) is 0 Å². The topological polar surface area (TPSA) is 84.2 Å². The molecule has 0 aromatic carbocycles. The van der Waals surface area contributed by atoms with Crippen molar-refractivity contribution in [3.63, 3.8) is 0 Å². The average Bonchev–Trinajstić information content (AvgIpc) is 2.68. The number of rotatable bonds is 2. The number of nitrogens with zero attached hydrogens (tertiary/aromatic N) is 2. The van der Waals surface area contributed by atoms with Gasteiger partial charge >= 0.3 is 0 Å². The number of hydrogen-bond donors (Lipinski definition) is 2. The highest BCUT2D eigenvalue weighted by atomic mass is 16.5. The highest BCUT2D eigenvalue weighted by Crippen LogP contribution is 2.19. The lowest BCUT2D eigenvalue weighted by Gasteiger charge is -2.31. The molecule has 0 saturated carbocycles. The summed E-state index contributed by atoms with van der Waals surface area (Å²) < 4.78 is 5.29. The largest absolute Gasteiger partial charge is 0.382 e. The Morgan fingerprint density at radius 1 is 1.53 bits per heavy atom. The highest BCUT2D eigenvalue weighted by molar-refractivity contribution is 5.99. The van der Waals surface area contributed by atoms with Gasteiger partial charge in [0.25, 0.3) is 5.91 Å². The number of aromatic amines is 1. The Labute approximate surface area is 100 Å². The second-order valence-electron chi connectivity index (χ2n) is 4.37. The number of nitrogens with one attached hydrogen (secondary N) is 1. The standard InChI is InChI=1S/C11H18N4O2/c1-7-9(10(12)14-13-7)11(16)15(2)8-3-5-17-6-4-8/h8H,3-6H2,1-2H3,(H3,12,13,14). The Kier molecular flexibility index (Phi) is 3.33. The van der Waals surface area contributed by atoms with Crippen molar-refractivity contribution >= 4 is 11.7 Å². The molecule has 6 nitrogen and oxygen atoms in total. The Hall–Kier alpha value is -1.56. The third kappa shape index (κ3) is 2.26. The van der Waals surface area contributed by atoms with E-state index in [1.807, 2.05) is 7.05 Å². The van der Waals surface area contributed by atoms with Gasteiger partial charge in [-0.15, -0.1) is 0 Å². The molecular weight excluding hydrogens is 220 g/mol. The molecule has 1 amide bonds. The van der Waals surface area contributed by atoms with Crippen molar-refractivity contribution in [1.29, 1.82) is 0 Å². The molecule has 1 aromatic heterocycles. The quantitative estimate of drug-likeness (QED) is 0.788. The molecule has 0 aliphatic carbocycles. The summed E-state index contributed by atoms with van der Waals surface area (Å²) in [6, 6.07) is 0.227. The number of carbonyl (C=O) groups excluding carboxylic acids is 1. The zero-order chi connectivity index (χ0) is 12.4. The average molecular weight is 238 g/mol. The van der Waals surface area contributed by atoms with Crippen LogP contribution in [0.5, 0.6) is 0 Å². The van der Waals surface area contributed by atoms with E-state index < -0.39 is 0 Å². The van der Waals surface area contributed by atoms with Crippen molar-refractivity contribution < 1.29 is 9.53 Å². The molecule has 2 rings (SSSR count). The fraction of sp³-hybridized carbons (Fsp3) is 0.636. The molecule has 0 spiro atoms. The van der Waals surface area contributed by atoms with Crippen molar-refractivity contribution in [1.82, 2.24) is 15.1 Å². The Morgan fingerprint density at radius 3 is 2.71 bits per heavy atom. The molecule has 0 radical (unpaired) electrons. The minimum absolute atomic E-state index is 0.0688. The van der Waals surface area contributed by atoms with Crippen molar-refractivity contribution in [3.05, 3.63) is 11.3 Å². The number of ether oxygens (including phenoxy) is 1. The number of H-pyrrole nitrogens is 1. The molecule has 1 aliphatic heterocycles. The highest BCUT2D eigenvalue weighted by Gasteiger charge is 2.26. The molecule has 0 unspecified atom stereocenters. The number of aromatic nitrogens is 2. The third-order valence-electron chi connectivity index (χ3n) is 3.25. The maximum Gasteiger partial charge on any atom is 0.259 e. The number of nitrogen functional groups attached to an aromatic ring is 1. The van der Waals surface area contributed by atoms with E-state index in [1.54, 1.807) is 11.8 Å². The summed E-state index contributed by atoms with van der Waals surface area (Å²) in [5.74, 6) is 0.201. The van der Waals surface area contributed by atoms with Crippen LogP contribution in [0, 0.1) is 6.92 Å². The van der Waals surface area contributed by atoms with Crippen molar-refractivity contribution in [2.45, 2.75) is 25.8 Å². The van der Waals surface area contributed by atoms with Gasteiger partial charge in [-0.1, -0.05) is 0 Å². The van der Waals surface area contributed by atoms with Gasteiger partial charge in [0.2, 0.25) is 0 Å². The molecule has 1 fully saturated rings. The minimum Gasteiger partial charge on any atom is -0.382 e. The molecule has 0 atom stereocenters. The number of aryl methyl sites for hydroxylation is 1. The lowest BCUT2D eigenvalue weighted by atomic mass is 10.1. The number of anilines is 1. The van der Waals surface area contributed by atoms with Gasteiger partial charge in [0.15, 0.2) is 5.82 Å². The smallest absolute Gasteiger partial charge is 0.259 e. The van der Waals surface area contributed by atoms with Crippen molar-refractivity contribution in [2.75, 3.05) is 26.0 Å². The summed E-state index contributed by atoms with van der Waals surface area (Å²) in [5.41, 5.74) is 6.89. The summed E-state index contributed by atoms with van der Waals surface area (Å²) in [4.78, 5) is 14.0. The predicted octanol–water partition coefficient (Wildman–Crippen LogP) is 0.551. The van der Waals surface area contributed by atoms with Crippen LogP contribution in [0.25, 0.3) is 0 Å². The normalized spacial score (nSPS) is 17.1. The van der Waals surface area contributed by atoms with E-state index in [0.717, 1.165) is 12.8 Å². The summed E-state index contributed by atoms with van der Waals surface area (Å²) in [7, 11) is 1.81. The molecule has 1 aromatic rings. The minimum atomic E-state index is -0.0688. The summed E-state index contributed by atoms with van der Waals surface area (Å²) in [6.45, 7) is 3.22. The van der Waals surface area contributed by atoms with Crippen LogP contribution in [-0.4, -0.2) is 47.3 Å². The van der Waals surface area contributed by atoms with Crippen LogP contribution in [0.1, 0.15) is 28.9 Å². The van der Waals surface area contributed by atoms with Crippen LogP contribution in [0.15, 0.2) is 0 Å². The molecule has 2 heterocycles. The van der Waals surface area contributed by atoms with Crippen LogP contribution in [0.4, 0.5) is 5.82 Å². The predicted molar refractivity (Wildman–Crippen MR) is 63.7 cm³/mol. The molecular formula is C11H18N4O2. The summed E-state index contributed by atoms with van der Waals surface area (Å²) in [6.07, 6.45) is 1.75. The van der Waals surface area contributed by atoms with Crippen molar-refractivity contribution in [2.24, 2.45) is 0 Å². The van der Waals surface area contributed by atoms with E-state index in [1.165, 1.54) is 0 Å². The number of amides is 1. The second-order valence-corrected chi connectivity index (χ2v) is 4.37. The molecule has 3 N–H and O–H groups in total. The van der Waals surface area contributed by atoms with E-state index in [2.05, 4.69) is 10.2 Å². The zero-order valence-electron chi connectivity index (χ0n) is 10.2. The molecule has 1 aliphatic rings. The van der Waals surface area contributed by atoms with Crippen LogP contribution in [0.3, 0.4) is 0 Å². The SMILES string of the molecule is Cc1[nH]nc(N)c1C(=O)N(C)C1CCOCC1. The number of hydrogen-bond acceptors (Lipinski definition) is 4. The maximum atomic E-state index is 12.3. The van der Waals surface area contributed by atoms with E-state index in [0.29, 0.717) is 24.5 Å². The number of nitrogens with two attached hydrogens (primary N) is 1. The van der Waals surface area contributed by atoms with Crippen LogP contribution in [-0.2, 0) is 4.74 Å². The van der Waals surface area contributed by atoms with Gasteiger partial charge in [-0.3, -0.25) is 9.89 Å². The van der Waals surface area contributed by atoms with Gasteiger partial charge in [0.05, 0.1) is 0 Å². The van der Waals surface area contributed by atoms with E-state index in [4.69, 9.17) is 10.5 Å². The van der Waals surface area contributed by atoms with Gasteiger partial charge < -0.3 is 15.4 Å². The molecule has 17 heavy (non-hydrogen) atoms. The van der Waals surface area contributed by atoms with Gasteiger partial charge in [0, 0.05) is 32.0 Å². The Bertz CT molecular complexity index is 390. The van der Waals surface area contributed by atoms with Gasteiger partial charge in [-0.25, -0.2) is 0 Å². The van der Waals surface area contributed by atoms with Crippen LogP contribution in [0.2, 0.25) is 0 Å². The Balaban J connectivity index is 2.14. The number of carbonyl (C=O) groups is 1. The molecule has 0 bridgehead atoms. The lowest BCUT2D eigenvalue weighted by molar-refractivity contribution is 0.0362. The lowest BCUT2D eigenvalue weighted by Crippen LogP contribution is -2.41. The van der Waals surface area contributed by atoms with E-state index >= 15 is 0 Å². The first kappa shape index (κ1) is 11.9. The zero-order valence-corrected chi connectivity index (χ0v) is 10.2. The maximum absolute atomic E-state index is 12.3. The fourth-order valence-corrected chi connectivity index (χ4v) is 2.13. The molecule has 1 saturated heterocycles. The second kappa shape index (κ2) is 4.75. The Morgan fingerprint density at radius 2 is 2.18 bits per heavy atom. The monoisotopic (exact) mass is 238 g/mol. The van der Waals surface area contributed by atoms with Gasteiger partial charge in [-0.2, -0.15) is 5.10 Å². The van der Waals surface area contributed by atoms with E-state index in [9.17, 15) is 4.79 Å². The van der Waals surface area contributed by atoms with Crippen LogP contribution < -0.4 is 5.73 Å². The van der Waals surface area contributed by atoms with Gasteiger partial charge in [0.1, 0.15) is 5.56 Å². The van der Waals surface area contributed by atoms with E-state index in [-0.39, 0.29) is 17.8 Å². The van der Waals surface area contributed by atoms with Gasteiger partial charge in [-0.05, 0) is 19.8 Å². The summed E-state index contributed by atoms with van der Waals surface area (Å²) in [5, 5.41) is 6.57.